The number of nitrogens with one attached hydrogen (secondary N) is 1. The molecule has 0 aliphatic rings. The average molecular weight is 295 g/mol. The minimum atomic E-state index is -3.73. The van der Waals surface area contributed by atoms with Crippen molar-refractivity contribution in [2.24, 2.45) is 7.05 Å². The van der Waals surface area contributed by atoms with E-state index in [1.165, 1.54) is 4.68 Å². The van der Waals surface area contributed by atoms with Crippen molar-refractivity contribution >= 4 is 15.8 Å². The third-order valence-corrected chi connectivity index (χ3v) is 4.82. The molecule has 2 aromatic heterocycles. The van der Waals surface area contributed by atoms with E-state index in [0.29, 0.717) is 5.69 Å². The molecule has 1 atom stereocenters. The lowest BCUT2D eigenvalue weighted by Gasteiger charge is -2.14. The van der Waals surface area contributed by atoms with E-state index >= 15 is 0 Å². The number of aromatic nitrogens is 3. The van der Waals surface area contributed by atoms with Gasteiger partial charge in [-0.25, -0.2) is 13.1 Å². The molecule has 1 unspecified atom stereocenters. The largest absolute Gasteiger partial charge is 0.381 e. The van der Waals surface area contributed by atoms with E-state index in [4.69, 9.17) is 5.73 Å². The zero-order valence-electron chi connectivity index (χ0n) is 11.5. The second kappa shape index (κ2) is 5.22. The fraction of sp³-hybridized carbons (Fsp3) is 0.333. The van der Waals surface area contributed by atoms with Crippen molar-refractivity contribution in [3.63, 3.8) is 0 Å². The van der Waals surface area contributed by atoms with Crippen LogP contribution in [-0.2, 0) is 17.1 Å². The van der Waals surface area contributed by atoms with Gasteiger partial charge in [0.2, 0.25) is 10.0 Å². The molecule has 2 rings (SSSR count). The van der Waals surface area contributed by atoms with Gasteiger partial charge in [-0.1, -0.05) is 0 Å². The van der Waals surface area contributed by atoms with Gasteiger partial charge in [-0.05, 0) is 31.5 Å². The quantitative estimate of drug-likeness (QED) is 0.866. The Balaban J connectivity index is 2.33. The van der Waals surface area contributed by atoms with Crippen molar-refractivity contribution in [3.8, 4) is 0 Å². The van der Waals surface area contributed by atoms with E-state index in [9.17, 15) is 8.42 Å². The highest BCUT2D eigenvalue weighted by Gasteiger charge is 2.26. The van der Waals surface area contributed by atoms with E-state index in [1.807, 2.05) is 0 Å². The molecule has 0 spiro atoms. The Hall–Kier alpha value is -1.93. The summed E-state index contributed by atoms with van der Waals surface area (Å²) in [6.45, 7) is 3.42. The SMILES string of the molecule is Cc1c(S(=O)(=O)NC(C)c2ccncc2)c(N)nn1C. The zero-order chi connectivity index (χ0) is 14.9. The van der Waals surface area contributed by atoms with Gasteiger partial charge in [0.25, 0.3) is 0 Å². The Bertz CT molecular complexity index is 709. The molecule has 0 fully saturated rings. The third kappa shape index (κ3) is 2.66. The third-order valence-electron chi connectivity index (χ3n) is 3.11. The number of sulfonamides is 1. The summed E-state index contributed by atoms with van der Waals surface area (Å²) in [5.74, 6) is -0.000529. The second-order valence-electron chi connectivity index (χ2n) is 4.55. The highest BCUT2D eigenvalue weighted by atomic mass is 32.2. The van der Waals surface area contributed by atoms with Gasteiger partial charge in [-0.3, -0.25) is 9.67 Å². The van der Waals surface area contributed by atoms with Crippen molar-refractivity contribution in [1.29, 1.82) is 0 Å². The zero-order valence-corrected chi connectivity index (χ0v) is 12.3. The van der Waals surface area contributed by atoms with E-state index < -0.39 is 10.0 Å². The number of aryl methyl sites for hydroxylation is 1. The van der Waals surface area contributed by atoms with Crippen LogP contribution in [0.4, 0.5) is 5.82 Å². The van der Waals surface area contributed by atoms with Gasteiger partial charge in [0.15, 0.2) is 5.82 Å². The molecule has 7 nitrogen and oxygen atoms in total. The van der Waals surface area contributed by atoms with Gasteiger partial charge < -0.3 is 5.73 Å². The van der Waals surface area contributed by atoms with Gasteiger partial charge in [0.05, 0.1) is 5.69 Å². The summed E-state index contributed by atoms with van der Waals surface area (Å²) in [7, 11) is -2.08. The van der Waals surface area contributed by atoms with Crippen LogP contribution in [0.5, 0.6) is 0 Å². The van der Waals surface area contributed by atoms with Crippen molar-refractivity contribution in [3.05, 3.63) is 35.8 Å². The van der Waals surface area contributed by atoms with Crippen molar-refractivity contribution in [1.82, 2.24) is 19.5 Å². The van der Waals surface area contributed by atoms with E-state index in [1.54, 1.807) is 45.4 Å². The fourth-order valence-electron chi connectivity index (χ4n) is 1.96. The molecule has 0 aliphatic heterocycles. The smallest absolute Gasteiger partial charge is 0.246 e. The maximum Gasteiger partial charge on any atom is 0.246 e. The molecule has 0 saturated carbocycles. The highest BCUT2D eigenvalue weighted by Crippen LogP contribution is 2.23. The van der Waals surface area contributed by atoms with Crippen LogP contribution in [0.2, 0.25) is 0 Å². The van der Waals surface area contributed by atoms with Crippen molar-refractivity contribution in [2.75, 3.05) is 5.73 Å². The first-order valence-corrected chi connectivity index (χ1v) is 7.52. The monoisotopic (exact) mass is 295 g/mol. The molecule has 0 bridgehead atoms. The molecule has 0 radical (unpaired) electrons. The number of hydrogen-bond acceptors (Lipinski definition) is 5. The van der Waals surface area contributed by atoms with Crippen molar-refractivity contribution < 1.29 is 8.42 Å². The molecule has 0 amide bonds. The van der Waals surface area contributed by atoms with Crippen LogP contribution in [0.1, 0.15) is 24.2 Å². The molecule has 108 valence electrons. The highest BCUT2D eigenvalue weighted by molar-refractivity contribution is 7.89. The van der Waals surface area contributed by atoms with Crippen LogP contribution in [0.15, 0.2) is 29.4 Å². The summed E-state index contributed by atoms with van der Waals surface area (Å²) < 4.78 is 28.9. The number of hydrogen-bond donors (Lipinski definition) is 2. The number of rotatable bonds is 4. The van der Waals surface area contributed by atoms with Crippen LogP contribution < -0.4 is 10.5 Å². The van der Waals surface area contributed by atoms with Crippen LogP contribution in [-0.4, -0.2) is 23.2 Å². The number of pyridine rings is 1. The summed E-state index contributed by atoms with van der Waals surface area (Å²) >= 11 is 0. The summed E-state index contributed by atoms with van der Waals surface area (Å²) in [5, 5.41) is 3.92. The summed E-state index contributed by atoms with van der Waals surface area (Å²) in [6, 6.07) is 3.13. The Kier molecular flexibility index (Phi) is 3.78. The van der Waals surface area contributed by atoms with Crippen molar-refractivity contribution in [2.45, 2.75) is 24.8 Å². The minimum Gasteiger partial charge on any atom is -0.381 e. The molecular formula is C12H17N5O2S. The summed E-state index contributed by atoms with van der Waals surface area (Å²) in [5.41, 5.74) is 7.00. The fourth-order valence-corrected chi connectivity index (χ4v) is 3.51. The van der Waals surface area contributed by atoms with Gasteiger partial charge >= 0.3 is 0 Å². The molecule has 3 N–H and O–H groups in total. The van der Waals surface area contributed by atoms with Crippen LogP contribution in [0.3, 0.4) is 0 Å². The Morgan fingerprint density at radius 2 is 1.95 bits per heavy atom. The average Bonchev–Trinajstić information content (AvgIpc) is 2.64. The minimum absolute atomic E-state index is 0.000529. The van der Waals surface area contributed by atoms with E-state index in [2.05, 4.69) is 14.8 Å². The summed E-state index contributed by atoms with van der Waals surface area (Å²) in [4.78, 5) is 3.93. The Labute approximate surface area is 117 Å². The first kappa shape index (κ1) is 14.5. The molecule has 0 aliphatic carbocycles. The van der Waals surface area contributed by atoms with Crippen LogP contribution in [0.25, 0.3) is 0 Å². The second-order valence-corrected chi connectivity index (χ2v) is 6.20. The predicted octanol–water partition coefficient (Wildman–Crippen LogP) is 0.745. The number of nitrogen functional groups attached to an aromatic ring is 1. The maximum atomic E-state index is 12.4. The molecule has 2 heterocycles. The lowest BCUT2D eigenvalue weighted by atomic mass is 10.1. The van der Waals surface area contributed by atoms with Gasteiger partial charge in [-0.15, -0.1) is 0 Å². The number of nitrogens with two attached hydrogens (primary N) is 1. The standard InChI is InChI=1S/C12H17N5O2S/c1-8(10-4-6-14-7-5-10)16-20(18,19)11-9(2)17(3)15-12(11)13/h4-8,16H,1-3H3,(H2,13,15). The first-order valence-electron chi connectivity index (χ1n) is 6.04. The number of anilines is 1. The number of nitrogens with zero attached hydrogens (tertiary/aromatic N) is 3. The normalized spacial score (nSPS) is 13.3. The molecule has 20 heavy (non-hydrogen) atoms. The molecular weight excluding hydrogens is 278 g/mol. The Morgan fingerprint density at radius 1 is 1.35 bits per heavy atom. The molecule has 0 aromatic carbocycles. The maximum absolute atomic E-state index is 12.4. The lowest BCUT2D eigenvalue weighted by Crippen LogP contribution is -2.27. The van der Waals surface area contributed by atoms with Gasteiger partial charge in [-0.2, -0.15) is 5.10 Å². The van der Waals surface area contributed by atoms with E-state index in [0.717, 1.165) is 5.56 Å². The van der Waals surface area contributed by atoms with E-state index in [-0.39, 0.29) is 16.8 Å². The molecule has 2 aromatic rings. The van der Waals surface area contributed by atoms with Gasteiger partial charge in [0.1, 0.15) is 4.90 Å². The van der Waals surface area contributed by atoms with Crippen LogP contribution >= 0.6 is 0 Å². The lowest BCUT2D eigenvalue weighted by molar-refractivity contribution is 0.566. The molecule has 0 saturated heterocycles. The van der Waals surface area contributed by atoms with Crippen LogP contribution in [0, 0.1) is 6.92 Å². The summed E-state index contributed by atoms with van der Waals surface area (Å²) in [6.07, 6.45) is 3.23. The molecule has 8 heteroatoms. The van der Waals surface area contributed by atoms with Gasteiger partial charge in [0, 0.05) is 25.5 Å². The topological polar surface area (TPSA) is 103 Å². The predicted molar refractivity (Wildman–Crippen MR) is 75.3 cm³/mol. The first-order chi connectivity index (χ1) is 9.33. The Morgan fingerprint density at radius 3 is 2.45 bits per heavy atom.